The van der Waals surface area contributed by atoms with Crippen LogP contribution in [0.2, 0.25) is 0 Å². The number of aryl methyl sites for hydroxylation is 1. The Morgan fingerprint density at radius 3 is 2.43 bits per heavy atom. The fourth-order valence-corrected chi connectivity index (χ4v) is 3.25. The number of anilines is 2. The lowest BCUT2D eigenvalue weighted by atomic mass is 10.1. The lowest BCUT2D eigenvalue weighted by Gasteiger charge is -2.11. The van der Waals surface area contributed by atoms with Crippen LogP contribution in [-0.4, -0.2) is 8.42 Å². The molecule has 5 nitrogen and oxygen atoms in total. The summed E-state index contributed by atoms with van der Waals surface area (Å²) in [6, 6.07) is 13.4. The van der Waals surface area contributed by atoms with E-state index in [2.05, 4.69) is 4.72 Å². The average molecular weight is 301 g/mol. The van der Waals surface area contributed by atoms with Gasteiger partial charge in [-0.2, -0.15) is 5.26 Å². The summed E-state index contributed by atoms with van der Waals surface area (Å²) < 4.78 is 27.2. The normalized spacial score (nSPS) is 10.9. The number of nitrogens with zero attached hydrogens (tertiary/aromatic N) is 1. The second-order valence-electron chi connectivity index (χ2n) is 4.66. The number of rotatable bonds is 4. The predicted octanol–water partition coefficient (Wildman–Crippen LogP) is 2.44. The summed E-state index contributed by atoms with van der Waals surface area (Å²) in [7, 11) is -3.66. The highest BCUT2D eigenvalue weighted by atomic mass is 32.2. The first-order chi connectivity index (χ1) is 9.92. The molecule has 0 heterocycles. The zero-order valence-electron chi connectivity index (χ0n) is 11.5. The van der Waals surface area contributed by atoms with E-state index in [0.717, 1.165) is 5.56 Å². The van der Waals surface area contributed by atoms with Crippen LogP contribution in [0.4, 0.5) is 11.4 Å². The molecule has 0 aliphatic heterocycles. The highest BCUT2D eigenvalue weighted by molar-refractivity contribution is 7.92. The minimum absolute atomic E-state index is 0.192. The van der Waals surface area contributed by atoms with Crippen molar-refractivity contribution < 1.29 is 8.42 Å². The van der Waals surface area contributed by atoms with Gasteiger partial charge in [-0.05, 0) is 48.4 Å². The lowest BCUT2D eigenvalue weighted by molar-refractivity contribution is 0.600. The van der Waals surface area contributed by atoms with Gasteiger partial charge in [0.2, 0.25) is 0 Å². The van der Waals surface area contributed by atoms with Crippen LogP contribution in [0.5, 0.6) is 0 Å². The minimum atomic E-state index is -3.66. The Morgan fingerprint density at radius 2 is 1.86 bits per heavy atom. The van der Waals surface area contributed by atoms with Crippen LogP contribution in [0.3, 0.4) is 0 Å². The number of hydrogen-bond acceptors (Lipinski definition) is 4. The second kappa shape index (κ2) is 5.85. The standard InChI is InChI=1S/C15H15N3O2S/c1-11-10-13(17)4-7-15(11)21(19,20)18-14-5-2-12(3-6-14)8-9-16/h2-7,10,18H,8,17H2,1H3. The smallest absolute Gasteiger partial charge is 0.262 e. The third-order valence-electron chi connectivity index (χ3n) is 2.98. The molecule has 0 unspecified atom stereocenters. The van der Waals surface area contributed by atoms with E-state index in [1.165, 1.54) is 6.07 Å². The Labute approximate surface area is 124 Å². The van der Waals surface area contributed by atoms with Crippen LogP contribution in [0.1, 0.15) is 11.1 Å². The molecular weight excluding hydrogens is 286 g/mol. The maximum Gasteiger partial charge on any atom is 0.262 e. The van der Waals surface area contributed by atoms with E-state index in [4.69, 9.17) is 11.0 Å². The summed E-state index contributed by atoms with van der Waals surface area (Å²) >= 11 is 0. The third kappa shape index (κ3) is 3.52. The molecule has 2 aromatic rings. The zero-order chi connectivity index (χ0) is 15.5. The molecule has 108 valence electrons. The van der Waals surface area contributed by atoms with Crippen LogP contribution in [0.15, 0.2) is 47.4 Å². The van der Waals surface area contributed by atoms with Crippen molar-refractivity contribution in [3.8, 4) is 6.07 Å². The Balaban J connectivity index is 2.27. The molecule has 0 aromatic heterocycles. The molecule has 6 heteroatoms. The van der Waals surface area contributed by atoms with Gasteiger partial charge < -0.3 is 5.73 Å². The first-order valence-corrected chi connectivity index (χ1v) is 7.75. The van der Waals surface area contributed by atoms with E-state index in [9.17, 15) is 8.42 Å². The van der Waals surface area contributed by atoms with E-state index in [1.807, 2.05) is 6.07 Å². The Hall–Kier alpha value is -2.52. The highest BCUT2D eigenvalue weighted by Crippen LogP contribution is 2.21. The van der Waals surface area contributed by atoms with Gasteiger partial charge >= 0.3 is 0 Å². The summed E-state index contributed by atoms with van der Waals surface area (Å²) in [6.07, 6.45) is 0.296. The molecule has 0 aliphatic carbocycles. The largest absolute Gasteiger partial charge is 0.399 e. The van der Waals surface area contributed by atoms with E-state index in [0.29, 0.717) is 23.4 Å². The fraction of sp³-hybridized carbons (Fsp3) is 0.133. The van der Waals surface area contributed by atoms with E-state index >= 15 is 0 Å². The monoisotopic (exact) mass is 301 g/mol. The zero-order valence-corrected chi connectivity index (χ0v) is 12.3. The van der Waals surface area contributed by atoms with Crippen LogP contribution in [0.25, 0.3) is 0 Å². The molecule has 0 fully saturated rings. The van der Waals surface area contributed by atoms with Gasteiger partial charge in [0.25, 0.3) is 10.0 Å². The van der Waals surface area contributed by atoms with Crippen molar-refractivity contribution in [2.45, 2.75) is 18.2 Å². The van der Waals surface area contributed by atoms with E-state index in [-0.39, 0.29) is 4.90 Å². The van der Waals surface area contributed by atoms with Crippen LogP contribution >= 0.6 is 0 Å². The lowest BCUT2D eigenvalue weighted by Crippen LogP contribution is -2.14. The number of hydrogen-bond donors (Lipinski definition) is 2. The average Bonchev–Trinajstić information content (AvgIpc) is 2.40. The van der Waals surface area contributed by atoms with Crippen molar-refractivity contribution >= 4 is 21.4 Å². The second-order valence-corrected chi connectivity index (χ2v) is 6.31. The number of sulfonamides is 1. The number of nitrogens with two attached hydrogens (primary N) is 1. The quantitative estimate of drug-likeness (QED) is 0.848. The molecular formula is C15H15N3O2S. The van der Waals surface area contributed by atoms with Gasteiger partial charge in [-0.1, -0.05) is 12.1 Å². The van der Waals surface area contributed by atoms with Gasteiger partial charge in [0.05, 0.1) is 17.4 Å². The topological polar surface area (TPSA) is 96.0 Å². The molecule has 0 saturated carbocycles. The van der Waals surface area contributed by atoms with Crippen molar-refractivity contribution in [1.82, 2.24) is 0 Å². The van der Waals surface area contributed by atoms with Crippen LogP contribution < -0.4 is 10.5 Å². The van der Waals surface area contributed by atoms with Crippen molar-refractivity contribution in [1.29, 1.82) is 5.26 Å². The molecule has 0 spiro atoms. The minimum Gasteiger partial charge on any atom is -0.399 e. The molecule has 0 amide bonds. The van der Waals surface area contributed by atoms with Gasteiger partial charge in [0.15, 0.2) is 0 Å². The van der Waals surface area contributed by atoms with Crippen LogP contribution in [-0.2, 0) is 16.4 Å². The predicted molar refractivity (Wildman–Crippen MR) is 82.2 cm³/mol. The molecule has 0 saturated heterocycles. The Kier molecular flexibility index (Phi) is 4.15. The maximum absolute atomic E-state index is 12.3. The van der Waals surface area contributed by atoms with E-state index in [1.54, 1.807) is 43.3 Å². The molecule has 0 radical (unpaired) electrons. The molecule has 2 aromatic carbocycles. The Morgan fingerprint density at radius 1 is 1.19 bits per heavy atom. The Bertz CT molecular complexity index is 791. The van der Waals surface area contributed by atoms with Gasteiger partial charge in [-0.25, -0.2) is 8.42 Å². The van der Waals surface area contributed by atoms with Crippen molar-refractivity contribution in [3.05, 3.63) is 53.6 Å². The molecule has 0 bridgehead atoms. The van der Waals surface area contributed by atoms with Crippen LogP contribution in [0, 0.1) is 18.3 Å². The summed E-state index contributed by atoms with van der Waals surface area (Å²) in [5, 5.41) is 8.61. The molecule has 3 N–H and O–H groups in total. The number of benzene rings is 2. The first kappa shape index (κ1) is 14.9. The third-order valence-corrected chi connectivity index (χ3v) is 4.52. The van der Waals surface area contributed by atoms with Gasteiger partial charge in [-0.3, -0.25) is 4.72 Å². The van der Waals surface area contributed by atoms with Gasteiger partial charge in [0.1, 0.15) is 0 Å². The number of nitrogen functional groups attached to an aromatic ring is 1. The molecule has 21 heavy (non-hydrogen) atoms. The SMILES string of the molecule is Cc1cc(N)ccc1S(=O)(=O)Nc1ccc(CC#N)cc1. The summed E-state index contributed by atoms with van der Waals surface area (Å²) in [4.78, 5) is 0.192. The van der Waals surface area contributed by atoms with E-state index < -0.39 is 10.0 Å². The number of nitriles is 1. The first-order valence-electron chi connectivity index (χ1n) is 6.27. The molecule has 2 rings (SSSR count). The molecule has 0 aliphatic rings. The van der Waals surface area contributed by atoms with Crippen molar-refractivity contribution in [3.63, 3.8) is 0 Å². The summed E-state index contributed by atoms with van der Waals surface area (Å²) in [6.45, 7) is 1.70. The highest BCUT2D eigenvalue weighted by Gasteiger charge is 2.16. The van der Waals surface area contributed by atoms with Gasteiger partial charge in [0, 0.05) is 11.4 Å². The summed E-state index contributed by atoms with van der Waals surface area (Å²) in [5.74, 6) is 0. The summed E-state index contributed by atoms with van der Waals surface area (Å²) in [5.41, 5.74) is 8.02. The molecule has 0 atom stereocenters. The number of nitrogens with one attached hydrogen (secondary N) is 1. The van der Waals surface area contributed by atoms with Crippen molar-refractivity contribution in [2.24, 2.45) is 0 Å². The van der Waals surface area contributed by atoms with Gasteiger partial charge in [-0.15, -0.1) is 0 Å². The fourth-order valence-electron chi connectivity index (χ4n) is 1.97. The maximum atomic E-state index is 12.3. The van der Waals surface area contributed by atoms with Crippen molar-refractivity contribution in [2.75, 3.05) is 10.5 Å².